The van der Waals surface area contributed by atoms with Crippen molar-refractivity contribution < 1.29 is 14.3 Å². The van der Waals surface area contributed by atoms with Crippen molar-refractivity contribution in [3.05, 3.63) is 64.2 Å². The largest absolute Gasteiger partial charge is 0.550 e. The van der Waals surface area contributed by atoms with Gasteiger partial charge in [0.05, 0.1) is 15.6 Å². The second-order valence-electron chi connectivity index (χ2n) is 5.62. The topological polar surface area (TPSA) is 53.0 Å². The molecule has 4 rings (SSSR count). The van der Waals surface area contributed by atoms with Crippen LogP contribution in [0.1, 0.15) is 4.88 Å². The Balaban J connectivity index is 1.85. The maximum atomic E-state index is 13.8. The molecule has 0 atom stereocenters. The summed E-state index contributed by atoms with van der Waals surface area (Å²) in [6.07, 6.45) is -0.276. The van der Waals surface area contributed by atoms with E-state index in [2.05, 4.69) is 4.98 Å². The van der Waals surface area contributed by atoms with Gasteiger partial charge < -0.3 is 9.90 Å². The van der Waals surface area contributed by atoms with Gasteiger partial charge in [-0.25, -0.2) is 9.37 Å². The summed E-state index contributed by atoms with van der Waals surface area (Å²) >= 11 is 8.61. The Morgan fingerprint density at radius 1 is 1.15 bits per heavy atom. The molecule has 0 unspecified atom stereocenters. The number of fused-ring (bicyclic) bond motifs is 1. The molecule has 0 saturated carbocycles. The number of nitrogens with zero attached hydrogens (tertiary/aromatic N) is 1. The first-order chi connectivity index (χ1) is 12.5. The number of aliphatic carboxylic acids is 1. The molecule has 2 aromatic carbocycles. The molecular formula is C19H10ClFNO2S2-. The average molecular weight is 403 g/mol. The molecule has 7 heteroatoms. The van der Waals surface area contributed by atoms with Crippen LogP contribution in [0.4, 0.5) is 4.39 Å². The Labute approximate surface area is 161 Å². The van der Waals surface area contributed by atoms with Gasteiger partial charge in [0, 0.05) is 27.5 Å². The van der Waals surface area contributed by atoms with Crippen LogP contribution in [0.5, 0.6) is 0 Å². The van der Waals surface area contributed by atoms with Gasteiger partial charge in [0.1, 0.15) is 10.8 Å². The lowest BCUT2D eigenvalue weighted by molar-refractivity contribution is -0.304. The molecule has 0 bridgehead atoms. The Kier molecular flexibility index (Phi) is 4.48. The van der Waals surface area contributed by atoms with Gasteiger partial charge in [-0.15, -0.1) is 22.7 Å². The first-order valence-corrected chi connectivity index (χ1v) is 9.66. The van der Waals surface area contributed by atoms with Crippen molar-refractivity contribution in [2.75, 3.05) is 0 Å². The molecule has 0 saturated heterocycles. The maximum Gasteiger partial charge on any atom is 0.142 e. The Morgan fingerprint density at radius 3 is 2.69 bits per heavy atom. The van der Waals surface area contributed by atoms with Gasteiger partial charge in [-0.2, -0.15) is 0 Å². The molecule has 4 aromatic rings. The molecule has 2 aromatic heterocycles. The smallest absolute Gasteiger partial charge is 0.142 e. The first-order valence-electron chi connectivity index (χ1n) is 7.65. The molecule has 3 nitrogen and oxygen atoms in total. The second kappa shape index (κ2) is 6.79. The van der Waals surface area contributed by atoms with Gasteiger partial charge >= 0.3 is 0 Å². The Morgan fingerprint density at radius 2 is 1.96 bits per heavy atom. The highest BCUT2D eigenvalue weighted by Crippen LogP contribution is 2.39. The van der Waals surface area contributed by atoms with Crippen molar-refractivity contribution in [3.63, 3.8) is 0 Å². The van der Waals surface area contributed by atoms with Crippen LogP contribution in [0.2, 0.25) is 5.02 Å². The minimum atomic E-state index is -1.20. The SMILES string of the molecule is O=C([O-])Cc1sc(-c2cc3ccccc3s2)nc1-c1ccc(Cl)c(F)c1. The van der Waals surface area contributed by atoms with E-state index in [1.165, 1.54) is 23.5 Å². The zero-order chi connectivity index (χ0) is 18.3. The van der Waals surface area contributed by atoms with Crippen molar-refractivity contribution in [2.45, 2.75) is 6.42 Å². The van der Waals surface area contributed by atoms with Crippen LogP contribution >= 0.6 is 34.3 Å². The van der Waals surface area contributed by atoms with E-state index in [1.54, 1.807) is 17.4 Å². The lowest BCUT2D eigenvalue weighted by Gasteiger charge is -2.04. The number of thiophene rings is 1. The van der Waals surface area contributed by atoms with Gasteiger partial charge in [-0.05, 0) is 29.7 Å². The molecule has 0 amide bonds. The average Bonchev–Trinajstić information content (AvgIpc) is 3.20. The van der Waals surface area contributed by atoms with Crippen LogP contribution in [0.15, 0.2) is 48.5 Å². The summed E-state index contributed by atoms with van der Waals surface area (Å²) in [5.74, 6) is -1.77. The summed E-state index contributed by atoms with van der Waals surface area (Å²) in [5, 5.41) is 12.9. The minimum absolute atomic E-state index is 0.00941. The summed E-state index contributed by atoms with van der Waals surface area (Å²) in [6, 6.07) is 14.3. The molecule has 0 aliphatic carbocycles. The van der Waals surface area contributed by atoms with Crippen molar-refractivity contribution in [3.8, 4) is 21.1 Å². The number of aromatic nitrogens is 1. The fourth-order valence-corrected chi connectivity index (χ4v) is 4.96. The number of rotatable bonds is 4. The lowest BCUT2D eigenvalue weighted by atomic mass is 10.1. The van der Waals surface area contributed by atoms with E-state index < -0.39 is 11.8 Å². The van der Waals surface area contributed by atoms with Crippen LogP contribution in [0.3, 0.4) is 0 Å². The summed E-state index contributed by atoms with van der Waals surface area (Å²) in [5.41, 5.74) is 0.939. The summed E-state index contributed by atoms with van der Waals surface area (Å²) in [4.78, 5) is 17.2. The number of carboxylic acids is 1. The number of carbonyl (C=O) groups is 1. The van der Waals surface area contributed by atoms with Crippen molar-refractivity contribution in [1.82, 2.24) is 4.98 Å². The Bertz CT molecular complexity index is 1100. The van der Waals surface area contributed by atoms with Crippen LogP contribution < -0.4 is 5.11 Å². The van der Waals surface area contributed by atoms with Crippen molar-refractivity contribution in [2.24, 2.45) is 0 Å². The number of benzene rings is 2. The summed E-state index contributed by atoms with van der Waals surface area (Å²) in [7, 11) is 0. The number of hydrogen-bond donors (Lipinski definition) is 0. The van der Waals surface area contributed by atoms with Crippen LogP contribution in [-0.2, 0) is 11.2 Å². The van der Waals surface area contributed by atoms with Crippen molar-refractivity contribution >= 4 is 50.3 Å². The molecule has 0 spiro atoms. The number of thiazole rings is 1. The normalized spacial score (nSPS) is 11.2. The predicted molar refractivity (Wildman–Crippen MR) is 102 cm³/mol. The van der Waals surface area contributed by atoms with E-state index in [0.29, 0.717) is 21.1 Å². The van der Waals surface area contributed by atoms with E-state index in [1.807, 2.05) is 30.3 Å². The molecule has 0 aliphatic rings. The molecule has 26 heavy (non-hydrogen) atoms. The lowest BCUT2D eigenvalue weighted by Crippen LogP contribution is -2.24. The molecule has 0 radical (unpaired) electrons. The van der Waals surface area contributed by atoms with Crippen LogP contribution in [0.25, 0.3) is 31.2 Å². The highest BCUT2D eigenvalue weighted by molar-refractivity contribution is 7.26. The highest BCUT2D eigenvalue weighted by atomic mass is 35.5. The van der Waals surface area contributed by atoms with Crippen LogP contribution in [-0.4, -0.2) is 11.0 Å². The zero-order valence-corrected chi connectivity index (χ0v) is 15.6. The minimum Gasteiger partial charge on any atom is -0.550 e. The first kappa shape index (κ1) is 17.1. The van der Waals surface area contributed by atoms with Gasteiger partial charge in [-0.3, -0.25) is 0 Å². The summed E-state index contributed by atoms with van der Waals surface area (Å²) in [6.45, 7) is 0. The molecular weight excluding hydrogens is 393 g/mol. The van der Waals surface area contributed by atoms with E-state index >= 15 is 0 Å². The Hall–Kier alpha value is -2.28. The van der Waals surface area contributed by atoms with E-state index in [-0.39, 0.29) is 11.4 Å². The van der Waals surface area contributed by atoms with E-state index in [4.69, 9.17) is 11.6 Å². The molecule has 0 fully saturated rings. The fraction of sp³-hybridized carbons (Fsp3) is 0.0526. The van der Waals surface area contributed by atoms with Crippen molar-refractivity contribution in [1.29, 1.82) is 0 Å². The third-order valence-corrected chi connectivity index (χ3v) is 6.48. The van der Waals surface area contributed by atoms with Gasteiger partial charge in [-0.1, -0.05) is 35.9 Å². The standard InChI is InChI=1S/C19H11ClFNO2S2/c20-12-6-5-11(7-13(12)21)18-15(9-17(23)24)26-19(22-18)16-8-10-3-1-2-4-14(10)25-16/h1-8H,9H2,(H,23,24)/p-1. The monoisotopic (exact) mass is 402 g/mol. The third-order valence-electron chi connectivity index (χ3n) is 3.83. The van der Waals surface area contributed by atoms with Crippen LogP contribution in [0, 0.1) is 5.82 Å². The fourth-order valence-electron chi connectivity index (χ4n) is 2.66. The van der Waals surface area contributed by atoms with Gasteiger partial charge in [0.15, 0.2) is 0 Å². The van der Waals surface area contributed by atoms with E-state index in [0.717, 1.165) is 15.0 Å². The predicted octanol–water partition coefficient (Wildman–Crippen LogP) is 4.78. The molecule has 130 valence electrons. The molecule has 2 heterocycles. The number of carboxylic acid groups (broad SMARTS) is 1. The van der Waals surface area contributed by atoms with E-state index in [9.17, 15) is 14.3 Å². The summed E-state index contributed by atoms with van der Waals surface area (Å²) < 4.78 is 15.0. The number of carbonyl (C=O) groups excluding carboxylic acids is 1. The third kappa shape index (κ3) is 3.23. The maximum absolute atomic E-state index is 13.8. The highest BCUT2D eigenvalue weighted by Gasteiger charge is 2.17. The molecule has 0 aliphatic heterocycles. The quantitative estimate of drug-likeness (QED) is 0.493. The molecule has 0 N–H and O–H groups in total. The number of halogens is 2. The van der Waals surface area contributed by atoms with Gasteiger partial charge in [0.2, 0.25) is 0 Å². The van der Waals surface area contributed by atoms with Gasteiger partial charge in [0.25, 0.3) is 0 Å². The number of hydrogen-bond acceptors (Lipinski definition) is 5. The zero-order valence-electron chi connectivity index (χ0n) is 13.2. The second-order valence-corrected chi connectivity index (χ2v) is 8.19.